The van der Waals surface area contributed by atoms with Crippen LogP contribution in [-0.4, -0.2) is 23.3 Å². The van der Waals surface area contributed by atoms with Crippen LogP contribution in [0.4, 0.5) is 0 Å². The van der Waals surface area contributed by atoms with Crippen molar-refractivity contribution < 1.29 is 4.74 Å². The Labute approximate surface area is 140 Å². The number of nitrogens with one attached hydrogen (secondary N) is 1. The number of hydrogen-bond donors (Lipinski definition) is 1. The molecule has 0 aliphatic rings. The van der Waals surface area contributed by atoms with Crippen molar-refractivity contribution in [2.24, 2.45) is 7.05 Å². The second kappa shape index (κ2) is 7.38. The van der Waals surface area contributed by atoms with Crippen molar-refractivity contribution >= 4 is 11.0 Å². The van der Waals surface area contributed by atoms with Crippen molar-refractivity contribution in [1.82, 2.24) is 14.9 Å². The quantitative estimate of drug-likeness (QED) is 0.757. The first-order valence-corrected chi connectivity index (χ1v) is 7.92. The van der Waals surface area contributed by atoms with Crippen LogP contribution in [0.1, 0.15) is 17.3 Å². The van der Waals surface area contributed by atoms with E-state index in [1.54, 1.807) is 18.7 Å². The summed E-state index contributed by atoms with van der Waals surface area (Å²) < 4.78 is 6.95. The maximum absolute atomic E-state index is 12.5. The molecule has 2 aromatic carbocycles. The third kappa shape index (κ3) is 3.37. The summed E-state index contributed by atoms with van der Waals surface area (Å²) >= 11 is 0. The van der Waals surface area contributed by atoms with Gasteiger partial charge < -0.3 is 14.6 Å². The fourth-order valence-electron chi connectivity index (χ4n) is 2.80. The molecule has 0 aliphatic carbocycles. The third-order valence-electron chi connectivity index (χ3n) is 4.10. The topological polar surface area (TPSA) is 56.1 Å². The molecule has 3 rings (SSSR count). The molecule has 1 aromatic heterocycles. The minimum Gasteiger partial charge on any atom is -0.383 e. The lowest BCUT2D eigenvalue weighted by molar-refractivity contribution is 0.166. The SMILES string of the molecule is COC[C@@H](NCc1nc2ccccc2n(C)c1=O)c1ccccc1. The lowest BCUT2D eigenvalue weighted by atomic mass is 10.1. The Morgan fingerprint density at radius 1 is 1.12 bits per heavy atom. The molecule has 5 nitrogen and oxygen atoms in total. The van der Waals surface area contributed by atoms with Gasteiger partial charge in [0.2, 0.25) is 0 Å². The number of aryl methyl sites for hydroxylation is 1. The van der Waals surface area contributed by atoms with Gasteiger partial charge in [-0.1, -0.05) is 42.5 Å². The van der Waals surface area contributed by atoms with Gasteiger partial charge in [0.15, 0.2) is 0 Å². The highest BCUT2D eigenvalue weighted by Crippen LogP contribution is 2.14. The van der Waals surface area contributed by atoms with Crippen LogP contribution in [-0.2, 0) is 18.3 Å². The number of fused-ring (bicyclic) bond motifs is 1. The van der Waals surface area contributed by atoms with Gasteiger partial charge in [0.05, 0.1) is 23.7 Å². The summed E-state index contributed by atoms with van der Waals surface area (Å²) in [5.74, 6) is 0. The highest BCUT2D eigenvalue weighted by molar-refractivity contribution is 5.74. The number of methoxy groups -OCH3 is 1. The average molecular weight is 323 g/mol. The predicted octanol–water partition coefficient (Wildman–Crippen LogP) is 2.41. The van der Waals surface area contributed by atoms with E-state index in [0.29, 0.717) is 18.8 Å². The van der Waals surface area contributed by atoms with Crippen LogP contribution in [0, 0.1) is 0 Å². The molecule has 0 unspecified atom stereocenters. The third-order valence-corrected chi connectivity index (χ3v) is 4.10. The van der Waals surface area contributed by atoms with Gasteiger partial charge >= 0.3 is 0 Å². The molecule has 5 heteroatoms. The van der Waals surface area contributed by atoms with Crippen LogP contribution < -0.4 is 10.9 Å². The first-order chi connectivity index (χ1) is 11.7. The zero-order valence-electron chi connectivity index (χ0n) is 13.9. The number of aromatic nitrogens is 2. The molecule has 0 bridgehead atoms. The molecular weight excluding hydrogens is 302 g/mol. The van der Waals surface area contributed by atoms with Crippen molar-refractivity contribution in [3.63, 3.8) is 0 Å². The standard InChI is InChI=1S/C19H21N3O2/c1-22-18-11-7-6-10-15(18)21-16(19(22)23)12-20-17(13-24-2)14-8-4-3-5-9-14/h3-11,17,20H,12-13H2,1-2H3/t17-/m1/s1. The number of benzene rings is 2. The number of nitrogens with zero attached hydrogens (tertiary/aromatic N) is 2. The Morgan fingerprint density at radius 3 is 2.58 bits per heavy atom. The molecule has 0 radical (unpaired) electrons. The lowest BCUT2D eigenvalue weighted by Gasteiger charge is -2.18. The largest absolute Gasteiger partial charge is 0.383 e. The van der Waals surface area contributed by atoms with Gasteiger partial charge in [-0.3, -0.25) is 4.79 Å². The van der Waals surface area contributed by atoms with Crippen molar-refractivity contribution in [2.45, 2.75) is 12.6 Å². The number of para-hydroxylation sites is 2. The van der Waals surface area contributed by atoms with Crippen LogP contribution in [0.25, 0.3) is 11.0 Å². The summed E-state index contributed by atoms with van der Waals surface area (Å²) in [6.07, 6.45) is 0. The summed E-state index contributed by atoms with van der Waals surface area (Å²) in [5, 5.41) is 3.39. The first-order valence-electron chi connectivity index (χ1n) is 7.92. The summed E-state index contributed by atoms with van der Waals surface area (Å²) in [5.41, 5.74) is 3.21. The molecule has 0 spiro atoms. The van der Waals surface area contributed by atoms with E-state index in [1.807, 2.05) is 54.6 Å². The van der Waals surface area contributed by atoms with E-state index < -0.39 is 0 Å². The van der Waals surface area contributed by atoms with Crippen molar-refractivity contribution in [3.8, 4) is 0 Å². The smallest absolute Gasteiger partial charge is 0.273 e. The molecular formula is C19H21N3O2. The molecule has 0 amide bonds. The first kappa shape index (κ1) is 16.4. The van der Waals surface area contributed by atoms with Crippen molar-refractivity contribution in [1.29, 1.82) is 0 Å². The monoisotopic (exact) mass is 323 g/mol. The normalized spacial score (nSPS) is 12.4. The van der Waals surface area contributed by atoms with E-state index >= 15 is 0 Å². The van der Waals surface area contributed by atoms with E-state index in [-0.39, 0.29) is 11.6 Å². The average Bonchev–Trinajstić information content (AvgIpc) is 2.63. The fraction of sp³-hybridized carbons (Fsp3) is 0.263. The molecule has 1 N–H and O–H groups in total. The van der Waals surface area contributed by atoms with E-state index in [2.05, 4.69) is 10.3 Å². The van der Waals surface area contributed by atoms with Crippen LogP contribution in [0.15, 0.2) is 59.4 Å². The summed E-state index contributed by atoms with van der Waals surface area (Å²) in [6, 6.07) is 17.7. The molecule has 124 valence electrons. The highest BCUT2D eigenvalue weighted by atomic mass is 16.5. The van der Waals surface area contributed by atoms with Gasteiger partial charge in [-0.15, -0.1) is 0 Å². The molecule has 0 saturated carbocycles. The molecule has 1 atom stereocenters. The molecule has 0 saturated heterocycles. The van der Waals surface area contributed by atoms with Crippen LogP contribution in [0.3, 0.4) is 0 Å². The van der Waals surface area contributed by atoms with Gasteiger partial charge in [-0.05, 0) is 17.7 Å². The fourth-order valence-corrected chi connectivity index (χ4v) is 2.80. The van der Waals surface area contributed by atoms with Crippen molar-refractivity contribution in [2.75, 3.05) is 13.7 Å². The Kier molecular flexibility index (Phi) is 5.03. The summed E-state index contributed by atoms with van der Waals surface area (Å²) in [4.78, 5) is 17.0. The van der Waals surface area contributed by atoms with Gasteiger partial charge in [0.25, 0.3) is 5.56 Å². The zero-order chi connectivity index (χ0) is 16.9. The Morgan fingerprint density at radius 2 is 1.83 bits per heavy atom. The molecule has 24 heavy (non-hydrogen) atoms. The Balaban J connectivity index is 1.86. The van der Waals surface area contributed by atoms with Crippen LogP contribution >= 0.6 is 0 Å². The molecule has 0 fully saturated rings. The van der Waals surface area contributed by atoms with Gasteiger partial charge in [-0.25, -0.2) is 4.98 Å². The molecule has 3 aromatic rings. The minimum absolute atomic E-state index is 0.00850. The predicted molar refractivity (Wildman–Crippen MR) is 94.9 cm³/mol. The van der Waals surface area contributed by atoms with Gasteiger partial charge in [0.1, 0.15) is 5.69 Å². The van der Waals surface area contributed by atoms with Gasteiger partial charge in [0, 0.05) is 20.7 Å². The Bertz CT molecular complexity index is 875. The lowest BCUT2D eigenvalue weighted by Crippen LogP contribution is -2.31. The summed E-state index contributed by atoms with van der Waals surface area (Å²) in [7, 11) is 3.45. The minimum atomic E-state index is -0.0783. The maximum atomic E-state index is 12.5. The van der Waals surface area contributed by atoms with Crippen molar-refractivity contribution in [3.05, 3.63) is 76.2 Å². The van der Waals surface area contributed by atoms with E-state index in [0.717, 1.165) is 16.6 Å². The van der Waals surface area contributed by atoms with Crippen LogP contribution in [0.2, 0.25) is 0 Å². The number of ether oxygens (including phenoxy) is 1. The van der Waals surface area contributed by atoms with Crippen LogP contribution in [0.5, 0.6) is 0 Å². The molecule has 1 heterocycles. The zero-order valence-corrected chi connectivity index (χ0v) is 13.9. The highest BCUT2D eigenvalue weighted by Gasteiger charge is 2.13. The van der Waals surface area contributed by atoms with E-state index in [9.17, 15) is 4.79 Å². The van der Waals surface area contributed by atoms with Gasteiger partial charge in [-0.2, -0.15) is 0 Å². The Hall–Kier alpha value is -2.50. The molecule has 0 aliphatic heterocycles. The number of rotatable bonds is 6. The maximum Gasteiger partial charge on any atom is 0.273 e. The second-order valence-electron chi connectivity index (χ2n) is 5.71. The van der Waals surface area contributed by atoms with E-state index in [1.165, 1.54) is 0 Å². The summed E-state index contributed by atoms with van der Waals surface area (Å²) in [6.45, 7) is 0.915. The van der Waals surface area contributed by atoms with E-state index in [4.69, 9.17) is 4.74 Å². The number of hydrogen-bond acceptors (Lipinski definition) is 4. The second-order valence-corrected chi connectivity index (χ2v) is 5.71.